The zero-order valence-corrected chi connectivity index (χ0v) is 13.9. The van der Waals surface area contributed by atoms with E-state index in [4.69, 9.17) is 0 Å². The lowest BCUT2D eigenvalue weighted by Gasteiger charge is -2.12. The third-order valence-electron chi connectivity index (χ3n) is 3.85. The van der Waals surface area contributed by atoms with E-state index in [2.05, 4.69) is 20.6 Å². The second kappa shape index (κ2) is 6.60. The number of carbonyl (C=O) groups excluding carboxylic acids is 1. The average molecular weight is 318 g/mol. The minimum Gasteiger partial charge on any atom is -0.369 e. The molecule has 5 nitrogen and oxygen atoms in total. The molecular formula is C16H22N4OS. The molecule has 2 heterocycles. The Balaban J connectivity index is 1.74. The number of amides is 1. The topological polar surface area (TPSA) is 66.9 Å². The zero-order chi connectivity index (χ0) is 15.5. The van der Waals surface area contributed by atoms with E-state index >= 15 is 0 Å². The van der Waals surface area contributed by atoms with Crippen LogP contribution in [0.25, 0.3) is 10.2 Å². The molecule has 0 saturated carbocycles. The first-order valence-corrected chi connectivity index (χ1v) is 8.75. The maximum atomic E-state index is 11.7. The predicted octanol–water partition coefficient (Wildman–Crippen LogP) is 2.90. The number of aromatic nitrogens is 2. The molecule has 2 aromatic heterocycles. The van der Waals surface area contributed by atoms with Crippen LogP contribution >= 0.6 is 11.3 Å². The number of rotatable bonds is 5. The van der Waals surface area contributed by atoms with E-state index in [0.717, 1.165) is 23.5 Å². The maximum absolute atomic E-state index is 11.7. The van der Waals surface area contributed by atoms with Crippen LogP contribution in [0.4, 0.5) is 5.82 Å². The van der Waals surface area contributed by atoms with Crippen molar-refractivity contribution in [3.63, 3.8) is 0 Å². The van der Waals surface area contributed by atoms with Gasteiger partial charge in [0.15, 0.2) is 0 Å². The third-order valence-corrected chi connectivity index (χ3v) is 5.05. The quantitative estimate of drug-likeness (QED) is 0.889. The number of fused-ring (bicyclic) bond motifs is 3. The molecule has 3 rings (SSSR count). The molecule has 22 heavy (non-hydrogen) atoms. The molecule has 2 aromatic rings. The molecular weight excluding hydrogens is 296 g/mol. The molecule has 6 heteroatoms. The summed E-state index contributed by atoms with van der Waals surface area (Å²) in [6.07, 6.45) is 6.85. The lowest BCUT2D eigenvalue weighted by molar-refractivity contribution is -0.121. The fraction of sp³-hybridized carbons (Fsp3) is 0.562. The van der Waals surface area contributed by atoms with Crippen LogP contribution in [0.2, 0.25) is 0 Å². The number of carbonyl (C=O) groups is 1. The van der Waals surface area contributed by atoms with Gasteiger partial charge in [0.05, 0.1) is 5.39 Å². The van der Waals surface area contributed by atoms with Gasteiger partial charge in [-0.2, -0.15) is 0 Å². The van der Waals surface area contributed by atoms with E-state index < -0.39 is 0 Å². The summed E-state index contributed by atoms with van der Waals surface area (Å²) in [6, 6.07) is 0.183. The van der Waals surface area contributed by atoms with E-state index in [1.807, 2.05) is 13.8 Å². The first kappa shape index (κ1) is 15.2. The summed E-state index contributed by atoms with van der Waals surface area (Å²) in [5.74, 6) is 0.946. The van der Waals surface area contributed by atoms with Crippen LogP contribution in [0.15, 0.2) is 6.33 Å². The van der Waals surface area contributed by atoms with Crippen LogP contribution in [0.5, 0.6) is 0 Å². The van der Waals surface area contributed by atoms with Crippen LogP contribution in [0.3, 0.4) is 0 Å². The maximum Gasteiger partial charge on any atom is 0.221 e. The van der Waals surface area contributed by atoms with Gasteiger partial charge in [-0.25, -0.2) is 9.97 Å². The molecule has 0 atom stereocenters. The molecule has 0 aromatic carbocycles. The van der Waals surface area contributed by atoms with Crippen molar-refractivity contribution in [3.05, 3.63) is 16.8 Å². The monoisotopic (exact) mass is 318 g/mol. The van der Waals surface area contributed by atoms with Crippen LogP contribution in [-0.4, -0.2) is 28.5 Å². The Morgan fingerprint density at radius 3 is 2.95 bits per heavy atom. The van der Waals surface area contributed by atoms with Gasteiger partial charge in [-0.3, -0.25) is 4.79 Å². The Labute approximate surface area is 134 Å². The summed E-state index contributed by atoms with van der Waals surface area (Å²) in [5.41, 5.74) is 1.42. The van der Waals surface area contributed by atoms with Crippen molar-refractivity contribution in [2.24, 2.45) is 0 Å². The van der Waals surface area contributed by atoms with E-state index in [1.165, 1.54) is 28.7 Å². The van der Waals surface area contributed by atoms with Gasteiger partial charge in [-0.05, 0) is 45.1 Å². The molecule has 2 N–H and O–H groups in total. The summed E-state index contributed by atoms with van der Waals surface area (Å²) in [5, 5.41) is 7.40. The third kappa shape index (κ3) is 3.21. The Kier molecular flexibility index (Phi) is 4.57. The van der Waals surface area contributed by atoms with Gasteiger partial charge in [0.25, 0.3) is 0 Å². The number of anilines is 1. The Morgan fingerprint density at radius 2 is 2.14 bits per heavy atom. The predicted molar refractivity (Wildman–Crippen MR) is 90.4 cm³/mol. The molecule has 0 saturated heterocycles. The van der Waals surface area contributed by atoms with Crippen LogP contribution in [0, 0.1) is 0 Å². The lowest BCUT2D eigenvalue weighted by atomic mass is 9.97. The highest BCUT2D eigenvalue weighted by atomic mass is 32.1. The molecule has 1 aliphatic carbocycles. The average Bonchev–Trinajstić information content (AvgIpc) is 2.85. The van der Waals surface area contributed by atoms with Crippen molar-refractivity contribution >= 4 is 33.3 Å². The standard InChI is InChI=1S/C16H22N4OS/c1-10(2)20-13(21)7-8-17-15-14-11-5-3-4-6-12(11)22-16(14)19-9-18-15/h9-10H,3-8H2,1-2H3,(H,20,21)(H,17,18,19). The van der Waals surface area contributed by atoms with Crippen LogP contribution in [-0.2, 0) is 17.6 Å². The van der Waals surface area contributed by atoms with Crippen molar-refractivity contribution < 1.29 is 4.79 Å². The fourth-order valence-electron chi connectivity index (χ4n) is 2.91. The Hall–Kier alpha value is -1.69. The summed E-state index contributed by atoms with van der Waals surface area (Å²) >= 11 is 1.79. The largest absolute Gasteiger partial charge is 0.369 e. The highest BCUT2D eigenvalue weighted by Gasteiger charge is 2.19. The lowest BCUT2D eigenvalue weighted by Crippen LogP contribution is -2.31. The minimum absolute atomic E-state index is 0.0696. The fourth-order valence-corrected chi connectivity index (χ4v) is 4.14. The number of nitrogens with one attached hydrogen (secondary N) is 2. The van der Waals surface area contributed by atoms with Gasteiger partial charge in [0, 0.05) is 23.9 Å². The second-order valence-corrected chi connectivity index (χ2v) is 7.10. The first-order chi connectivity index (χ1) is 10.6. The van der Waals surface area contributed by atoms with Crippen molar-refractivity contribution in [3.8, 4) is 0 Å². The van der Waals surface area contributed by atoms with Gasteiger partial charge in [0.2, 0.25) is 5.91 Å². The van der Waals surface area contributed by atoms with Crippen molar-refractivity contribution in [2.75, 3.05) is 11.9 Å². The highest BCUT2D eigenvalue weighted by Crippen LogP contribution is 2.37. The molecule has 118 valence electrons. The van der Waals surface area contributed by atoms with Gasteiger partial charge in [-0.1, -0.05) is 0 Å². The summed E-state index contributed by atoms with van der Waals surface area (Å²) in [4.78, 5) is 23.0. The van der Waals surface area contributed by atoms with E-state index in [1.54, 1.807) is 17.7 Å². The molecule has 0 bridgehead atoms. The number of thiophene rings is 1. The number of aryl methyl sites for hydroxylation is 2. The summed E-state index contributed by atoms with van der Waals surface area (Å²) < 4.78 is 0. The van der Waals surface area contributed by atoms with Gasteiger partial charge < -0.3 is 10.6 Å². The van der Waals surface area contributed by atoms with Gasteiger partial charge in [0.1, 0.15) is 17.0 Å². The molecule has 1 aliphatic rings. The molecule has 0 spiro atoms. The number of hydrogen-bond acceptors (Lipinski definition) is 5. The molecule has 0 fully saturated rings. The minimum atomic E-state index is 0.0696. The van der Waals surface area contributed by atoms with E-state index in [-0.39, 0.29) is 11.9 Å². The normalized spacial score (nSPS) is 14.1. The molecule has 0 unspecified atom stereocenters. The van der Waals surface area contributed by atoms with Crippen molar-refractivity contribution in [1.29, 1.82) is 0 Å². The van der Waals surface area contributed by atoms with E-state index in [9.17, 15) is 4.79 Å². The van der Waals surface area contributed by atoms with Crippen LogP contribution < -0.4 is 10.6 Å². The SMILES string of the molecule is CC(C)NC(=O)CCNc1ncnc2sc3c(c12)CCCC3. The first-order valence-electron chi connectivity index (χ1n) is 7.93. The second-order valence-electron chi connectivity index (χ2n) is 6.01. The van der Waals surface area contributed by atoms with Crippen molar-refractivity contribution in [1.82, 2.24) is 15.3 Å². The summed E-state index contributed by atoms with van der Waals surface area (Å²) in [7, 11) is 0. The number of nitrogens with zero attached hydrogens (tertiary/aromatic N) is 2. The highest BCUT2D eigenvalue weighted by molar-refractivity contribution is 7.19. The van der Waals surface area contributed by atoms with Gasteiger partial charge in [-0.15, -0.1) is 11.3 Å². The zero-order valence-electron chi connectivity index (χ0n) is 13.1. The van der Waals surface area contributed by atoms with E-state index in [0.29, 0.717) is 13.0 Å². The molecule has 1 amide bonds. The number of hydrogen-bond donors (Lipinski definition) is 2. The molecule has 0 aliphatic heterocycles. The van der Waals surface area contributed by atoms with Crippen molar-refractivity contribution in [2.45, 2.75) is 52.0 Å². The smallest absolute Gasteiger partial charge is 0.221 e. The summed E-state index contributed by atoms with van der Waals surface area (Å²) in [6.45, 7) is 4.53. The molecule has 0 radical (unpaired) electrons. The Bertz CT molecular complexity index is 680. The Morgan fingerprint density at radius 1 is 1.32 bits per heavy atom. The van der Waals surface area contributed by atoms with Crippen LogP contribution in [0.1, 0.15) is 43.6 Å². The van der Waals surface area contributed by atoms with Gasteiger partial charge >= 0.3 is 0 Å².